The van der Waals surface area contributed by atoms with E-state index in [4.69, 9.17) is 4.98 Å². The van der Waals surface area contributed by atoms with Crippen molar-refractivity contribution in [1.82, 2.24) is 14.1 Å². The van der Waals surface area contributed by atoms with Crippen LogP contribution in [0.1, 0.15) is 17.0 Å². The minimum Gasteiger partial charge on any atom is -0.326 e. The Balaban J connectivity index is 1.88. The Bertz CT molecular complexity index is 1700. The number of benzene rings is 3. The molecule has 0 unspecified atom stereocenters. The first-order valence-corrected chi connectivity index (χ1v) is 11.3. The number of hydrogen-bond acceptors (Lipinski definition) is 4. The summed E-state index contributed by atoms with van der Waals surface area (Å²) in [6.45, 7) is 2.03. The molecule has 160 valence electrons. The van der Waals surface area contributed by atoms with E-state index in [1.807, 2.05) is 103 Å². The number of thiazole rings is 1. The molecule has 6 heteroatoms. The Morgan fingerprint density at radius 1 is 1.00 bits per heavy atom. The van der Waals surface area contributed by atoms with Crippen LogP contribution in [0.3, 0.4) is 0 Å². The van der Waals surface area contributed by atoms with Gasteiger partial charge in [0.1, 0.15) is 16.3 Å². The van der Waals surface area contributed by atoms with Gasteiger partial charge in [0.25, 0.3) is 5.56 Å². The molecule has 0 aliphatic rings. The average molecular weight is 449 g/mol. The fourth-order valence-corrected chi connectivity index (χ4v) is 4.94. The molecule has 2 aromatic heterocycles. The van der Waals surface area contributed by atoms with Crippen molar-refractivity contribution in [3.05, 3.63) is 115 Å². The Morgan fingerprint density at radius 3 is 2.39 bits per heavy atom. The predicted molar refractivity (Wildman–Crippen MR) is 133 cm³/mol. The number of nitrogens with zero attached hydrogens (tertiary/aromatic N) is 4. The van der Waals surface area contributed by atoms with E-state index in [1.54, 1.807) is 4.57 Å². The third-order valence-corrected chi connectivity index (χ3v) is 6.64. The van der Waals surface area contributed by atoms with Gasteiger partial charge >= 0.3 is 0 Å². The van der Waals surface area contributed by atoms with Gasteiger partial charge < -0.3 is 4.57 Å². The van der Waals surface area contributed by atoms with Crippen LogP contribution in [0.2, 0.25) is 0 Å². The van der Waals surface area contributed by atoms with Gasteiger partial charge in [-0.25, -0.2) is 4.98 Å². The second-order valence-corrected chi connectivity index (χ2v) is 8.80. The molecule has 5 rings (SSSR count). The maximum absolute atomic E-state index is 13.6. The van der Waals surface area contributed by atoms with Crippen molar-refractivity contribution in [1.29, 1.82) is 5.26 Å². The van der Waals surface area contributed by atoms with E-state index in [2.05, 4.69) is 6.07 Å². The van der Waals surface area contributed by atoms with E-state index < -0.39 is 0 Å². The highest BCUT2D eigenvalue weighted by molar-refractivity contribution is 7.07. The maximum Gasteiger partial charge on any atom is 0.273 e. The van der Waals surface area contributed by atoms with Gasteiger partial charge in [-0.1, -0.05) is 60.2 Å². The van der Waals surface area contributed by atoms with Gasteiger partial charge in [0.05, 0.1) is 21.3 Å². The topological polar surface area (TPSA) is 63.6 Å². The van der Waals surface area contributed by atoms with Crippen LogP contribution in [0.25, 0.3) is 28.4 Å². The Labute approximate surface area is 194 Å². The number of imidazole rings is 1. The summed E-state index contributed by atoms with van der Waals surface area (Å²) in [5, 5.41) is 10.2. The standard InChI is InChI=1S/C27H20N4OS/c1-18-12-14-19(15-13-18)16-24-26(32)31(20-8-4-3-5-9-20)27(33-24)21(17-28)25-29-22-10-6-7-11-23(22)30(25)2/h3-16H,1-2H3. The summed E-state index contributed by atoms with van der Waals surface area (Å²) in [5.74, 6) is 0.534. The Kier molecular flexibility index (Phi) is 5.25. The van der Waals surface area contributed by atoms with E-state index >= 15 is 0 Å². The molecule has 5 nitrogen and oxygen atoms in total. The lowest BCUT2D eigenvalue weighted by Crippen LogP contribution is -2.31. The van der Waals surface area contributed by atoms with Gasteiger partial charge in [-0.3, -0.25) is 9.36 Å². The maximum atomic E-state index is 13.6. The molecular formula is C27H20N4OS. The molecule has 0 fully saturated rings. The first-order chi connectivity index (χ1) is 16.1. The number of aromatic nitrogens is 3. The van der Waals surface area contributed by atoms with E-state index in [-0.39, 0.29) is 5.56 Å². The first-order valence-electron chi connectivity index (χ1n) is 10.5. The zero-order valence-electron chi connectivity index (χ0n) is 18.2. The molecular weight excluding hydrogens is 428 g/mol. The van der Waals surface area contributed by atoms with E-state index in [1.165, 1.54) is 11.3 Å². The highest BCUT2D eigenvalue weighted by Crippen LogP contribution is 2.19. The summed E-state index contributed by atoms with van der Waals surface area (Å²) in [7, 11) is 1.89. The van der Waals surface area contributed by atoms with Gasteiger partial charge in [0.2, 0.25) is 0 Å². The quantitative estimate of drug-likeness (QED) is 0.423. The summed E-state index contributed by atoms with van der Waals surface area (Å²) in [6.07, 6.45) is 1.87. The molecule has 0 aliphatic carbocycles. The van der Waals surface area contributed by atoms with E-state index in [9.17, 15) is 10.1 Å². The molecule has 0 atom stereocenters. The van der Waals surface area contributed by atoms with Crippen LogP contribution in [-0.2, 0) is 7.05 Å². The highest BCUT2D eigenvalue weighted by Gasteiger charge is 2.17. The van der Waals surface area contributed by atoms with Crippen LogP contribution in [0, 0.1) is 18.3 Å². The summed E-state index contributed by atoms with van der Waals surface area (Å²) in [5.41, 5.74) is 4.74. The molecule has 0 saturated heterocycles. The highest BCUT2D eigenvalue weighted by atomic mass is 32.1. The zero-order valence-corrected chi connectivity index (χ0v) is 19.0. The third kappa shape index (κ3) is 3.69. The van der Waals surface area contributed by atoms with Crippen LogP contribution in [0.5, 0.6) is 0 Å². The number of hydrogen-bond donors (Lipinski definition) is 0. The molecule has 0 bridgehead atoms. The Hall–Kier alpha value is -4.21. The molecule has 0 aliphatic heterocycles. The van der Waals surface area contributed by atoms with Crippen LogP contribution in [-0.4, -0.2) is 14.1 Å². The number of fused-ring (bicyclic) bond motifs is 1. The summed E-state index contributed by atoms with van der Waals surface area (Å²) < 4.78 is 4.63. The number of rotatable bonds is 3. The van der Waals surface area contributed by atoms with Crippen molar-refractivity contribution in [2.45, 2.75) is 6.92 Å². The zero-order chi connectivity index (χ0) is 22.9. The molecule has 2 heterocycles. The fourth-order valence-electron chi connectivity index (χ4n) is 3.84. The van der Waals surface area contributed by atoms with Crippen LogP contribution in [0.15, 0.2) is 83.7 Å². The van der Waals surface area contributed by atoms with Gasteiger partial charge in [-0.2, -0.15) is 5.26 Å². The summed E-state index contributed by atoms with van der Waals surface area (Å²) in [6, 6.07) is 27.5. The Morgan fingerprint density at radius 2 is 1.70 bits per heavy atom. The summed E-state index contributed by atoms with van der Waals surface area (Å²) in [4.78, 5) is 18.3. The van der Waals surface area contributed by atoms with Gasteiger partial charge in [0.15, 0.2) is 5.82 Å². The molecule has 0 saturated carbocycles. The van der Waals surface area contributed by atoms with Crippen molar-refractivity contribution in [3.8, 4) is 11.8 Å². The molecule has 3 aromatic carbocycles. The van der Waals surface area contributed by atoms with E-state index in [0.717, 1.165) is 22.2 Å². The van der Waals surface area contributed by atoms with Crippen molar-refractivity contribution in [2.24, 2.45) is 7.05 Å². The van der Waals surface area contributed by atoms with E-state index in [0.29, 0.717) is 26.3 Å². The molecule has 5 aromatic rings. The van der Waals surface area contributed by atoms with Gasteiger partial charge in [-0.05, 0) is 42.8 Å². The smallest absolute Gasteiger partial charge is 0.273 e. The predicted octanol–water partition coefficient (Wildman–Crippen LogP) is 3.65. The van der Waals surface area contributed by atoms with Crippen LogP contribution in [0.4, 0.5) is 0 Å². The average Bonchev–Trinajstić information content (AvgIpc) is 3.34. The number of aryl methyl sites for hydroxylation is 2. The molecule has 0 N–H and O–H groups in total. The van der Waals surface area contributed by atoms with Crippen molar-refractivity contribution in [3.63, 3.8) is 0 Å². The lowest BCUT2D eigenvalue weighted by atomic mass is 10.1. The van der Waals surface area contributed by atoms with Gasteiger partial charge in [-0.15, -0.1) is 11.3 Å². The lowest BCUT2D eigenvalue weighted by molar-refractivity contribution is 0.915. The monoisotopic (exact) mass is 448 g/mol. The second kappa shape index (κ2) is 8.38. The largest absolute Gasteiger partial charge is 0.326 e. The minimum absolute atomic E-state index is 0.159. The van der Waals surface area contributed by atoms with Gasteiger partial charge in [0, 0.05) is 7.05 Å². The molecule has 0 amide bonds. The number of para-hydroxylation sites is 3. The van der Waals surface area contributed by atoms with Crippen molar-refractivity contribution < 1.29 is 0 Å². The second-order valence-electron chi connectivity index (χ2n) is 7.77. The van der Waals surface area contributed by atoms with Crippen LogP contribution < -0.4 is 14.8 Å². The first kappa shape index (κ1) is 20.7. The SMILES string of the molecule is Cc1ccc(C=c2sc(=C(C#N)c3nc4ccccc4n3C)n(-c3ccccc3)c2=O)cc1. The fraction of sp³-hybridized carbons (Fsp3) is 0.0741. The number of nitriles is 1. The lowest BCUT2D eigenvalue weighted by Gasteiger charge is -2.04. The normalized spacial score (nSPS) is 12.7. The van der Waals surface area contributed by atoms with Crippen molar-refractivity contribution >= 4 is 34.0 Å². The molecule has 33 heavy (non-hydrogen) atoms. The minimum atomic E-state index is -0.159. The molecule has 0 spiro atoms. The summed E-state index contributed by atoms with van der Waals surface area (Å²) >= 11 is 1.31. The van der Waals surface area contributed by atoms with Crippen molar-refractivity contribution in [2.75, 3.05) is 0 Å². The third-order valence-electron chi connectivity index (χ3n) is 5.55. The van der Waals surface area contributed by atoms with Crippen LogP contribution >= 0.6 is 11.3 Å². The molecule has 0 radical (unpaired) electrons.